The summed E-state index contributed by atoms with van der Waals surface area (Å²) in [6, 6.07) is 11.5. The molecular formula is C23H19F3N4O5. The third kappa shape index (κ3) is 6.53. The highest BCUT2D eigenvalue weighted by atomic mass is 19.4. The van der Waals surface area contributed by atoms with E-state index in [1.807, 2.05) is 0 Å². The van der Waals surface area contributed by atoms with Crippen LogP contribution in [0.5, 0.6) is 0 Å². The van der Waals surface area contributed by atoms with Crippen LogP contribution in [-0.4, -0.2) is 39.4 Å². The first kappa shape index (κ1) is 25.1. The maximum absolute atomic E-state index is 13.2. The van der Waals surface area contributed by atoms with E-state index < -0.39 is 46.5 Å². The molecule has 2 aromatic carbocycles. The van der Waals surface area contributed by atoms with Gasteiger partial charge in [-0.2, -0.15) is 13.2 Å². The Morgan fingerprint density at radius 2 is 1.71 bits per heavy atom. The Morgan fingerprint density at radius 3 is 2.34 bits per heavy atom. The first-order valence-corrected chi connectivity index (χ1v) is 10.2. The first-order valence-electron chi connectivity index (χ1n) is 10.2. The third-order valence-electron chi connectivity index (χ3n) is 4.84. The minimum absolute atomic E-state index is 0.182. The van der Waals surface area contributed by atoms with Gasteiger partial charge in [0.15, 0.2) is 5.82 Å². The summed E-state index contributed by atoms with van der Waals surface area (Å²) in [4.78, 5) is 53.1. The number of hydrogen-bond donors (Lipinski definition) is 4. The predicted molar refractivity (Wildman–Crippen MR) is 117 cm³/mol. The van der Waals surface area contributed by atoms with Crippen LogP contribution in [0.2, 0.25) is 0 Å². The lowest BCUT2D eigenvalue weighted by Gasteiger charge is -2.14. The number of rotatable bonds is 8. The molecule has 0 fully saturated rings. The van der Waals surface area contributed by atoms with E-state index in [1.165, 1.54) is 6.07 Å². The summed E-state index contributed by atoms with van der Waals surface area (Å²) in [7, 11) is 0. The van der Waals surface area contributed by atoms with E-state index in [4.69, 9.17) is 5.11 Å². The van der Waals surface area contributed by atoms with Gasteiger partial charge in [-0.1, -0.05) is 36.4 Å². The Balaban J connectivity index is 1.76. The summed E-state index contributed by atoms with van der Waals surface area (Å²) in [5.74, 6) is -3.21. The number of carbonyl (C=O) groups excluding carboxylic acids is 2. The molecule has 182 valence electrons. The predicted octanol–water partition coefficient (Wildman–Crippen LogP) is 2.59. The second kappa shape index (κ2) is 10.6. The summed E-state index contributed by atoms with van der Waals surface area (Å²) in [6.07, 6.45) is -4.00. The highest BCUT2D eigenvalue weighted by Crippen LogP contribution is 2.34. The number of benzene rings is 2. The number of nitrogens with zero attached hydrogens (tertiary/aromatic N) is 1. The molecule has 0 spiro atoms. The lowest BCUT2D eigenvalue weighted by atomic mass is 9.97. The van der Waals surface area contributed by atoms with Crippen LogP contribution in [0.4, 0.5) is 13.2 Å². The number of carbonyl (C=O) groups is 3. The minimum Gasteiger partial charge on any atom is -0.481 e. The smallest absolute Gasteiger partial charge is 0.416 e. The van der Waals surface area contributed by atoms with Crippen LogP contribution in [0.3, 0.4) is 0 Å². The number of carboxylic acids is 1. The zero-order valence-electron chi connectivity index (χ0n) is 18.0. The molecule has 3 rings (SSSR count). The highest BCUT2D eigenvalue weighted by Gasteiger charge is 2.31. The van der Waals surface area contributed by atoms with Gasteiger partial charge >= 0.3 is 12.1 Å². The normalized spacial score (nSPS) is 11.1. The van der Waals surface area contributed by atoms with E-state index >= 15 is 0 Å². The van der Waals surface area contributed by atoms with Crippen LogP contribution in [0, 0.1) is 0 Å². The molecule has 1 heterocycles. The van der Waals surface area contributed by atoms with Crippen molar-refractivity contribution in [2.75, 3.05) is 6.54 Å². The number of halogens is 3. The van der Waals surface area contributed by atoms with Crippen molar-refractivity contribution < 1.29 is 32.7 Å². The number of H-pyrrole nitrogens is 1. The molecule has 3 aromatic rings. The number of carboxylic acid groups (broad SMARTS) is 1. The van der Waals surface area contributed by atoms with E-state index in [-0.39, 0.29) is 25.1 Å². The average Bonchev–Trinajstić information content (AvgIpc) is 2.82. The Morgan fingerprint density at radius 1 is 1.00 bits per heavy atom. The molecule has 0 aliphatic carbocycles. The van der Waals surface area contributed by atoms with Crippen LogP contribution < -0.4 is 16.2 Å². The van der Waals surface area contributed by atoms with Gasteiger partial charge in [0, 0.05) is 19.3 Å². The van der Waals surface area contributed by atoms with Gasteiger partial charge < -0.3 is 20.7 Å². The summed E-state index contributed by atoms with van der Waals surface area (Å²) in [5.41, 5.74) is -1.01. The van der Waals surface area contributed by atoms with Crippen molar-refractivity contribution in [3.05, 3.63) is 87.6 Å². The SMILES string of the molecule is O=C(O)CCNC(=O)c1ncc(C(=O)NCc2ccc(C(F)(F)F)cc2-c2ccccc2)c(=O)[nH]1. The van der Waals surface area contributed by atoms with Gasteiger partial charge in [-0.15, -0.1) is 0 Å². The van der Waals surface area contributed by atoms with E-state index in [9.17, 15) is 32.3 Å². The molecule has 0 radical (unpaired) electrons. The van der Waals surface area contributed by atoms with Crippen molar-refractivity contribution in [1.82, 2.24) is 20.6 Å². The monoisotopic (exact) mass is 488 g/mol. The van der Waals surface area contributed by atoms with Crippen LogP contribution in [0.15, 0.2) is 59.5 Å². The molecule has 4 N–H and O–H groups in total. The van der Waals surface area contributed by atoms with Gasteiger partial charge in [0.1, 0.15) is 5.56 Å². The zero-order chi connectivity index (χ0) is 25.6. The third-order valence-corrected chi connectivity index (χ3v) is 4.84. The zero-order valence-corrected chi connectivity index (χ0v) is 18.0. The van der Waals surface area contributed by atoms with Crippen molar-refractivity contribution in [3.63, 3.8) is 0 Å². The standard InChI is InChI=1S/C23H19F3N4O5/c24-23(25,26)15-7-6-14(16(10-15)13-4-2-1-3-5-13)11-29-20(33)17-12-28-19(30-21(17)34)22(35)27-9-8-18(31)32/h1-7,10,12H,8-9,11H2,(H,27,35)(H,29,33)(H,31,32)(H,28,30,34). The van der Waals surface area contributed by atoms with Crippen LogP contribution in [-0.2, 0) is 17.5 Å². The molecule has 1 aromatic heterocycles. The van der Waals surface area contributed by atoms with E-state index in [0.29, 0.717) is 11.1 Å². The maximum Gasteiger partial charge on any atom is 0.416 e. The average molecular weight is 488 g/mol. The fourth-order valence-corrected chi connectivity index (χ4v) is 3.10. The van der Waals surface area contributed by atoms with Crippen molar-refractivity contribution >= 4 is 17.8 Å². The van der Waals surface area contributed by atoms with Gasteiger partial charge in [-0.3, -0.25) is 19.2 Å². The lowest BCUT2D eigenvalue weighted by molar-refractivity contribution is -0.138. The number of amides is 2. The Hall–Kier alpha value is -4.48. The number of aromatic amines is 1. The van der Waals surface area contributed by atoms with Crippen molar-refractivity contribution in [2.45, 2.75) is 19.1 Å². The molecule has 0 aliphatic heterocycles. The first-order chi connectivity index (χ1) is 16.6. The topological polar surface area (TPSA) is 141 Å². The molecule has 0 saturated heterocycles. The van der Waals surface area contributed by atoms with Crippen LogP contribution in [0.25, 0.3) is 11.1 Å². The van der Waals surface area contributed by atoms with Crippen LogP contribution >= 0.6 is 0 Å². The summed E-state index contributed by atoms with van der Waals surface area (Å²) >= 11 is 0. The lowest BCUT2D eigenvalue weighted by Crippen LogP contribution is -2.33. The van der Waals surface area contributed by atoms with Crippen molar-refractivity contribution in [1.29, 1.82) is 0 Å². The molecule has 0 bridgehead atoms. The van der Waals surface area contributed by atoms with Crippen molar-refractivity contribution in [2.24, 2.45) is 0 Å². The fourth-order valence-electron chi connectivity index (χ4n) is 3.10. The molecule has 9 nitrogen and oxygen atoms in total. The Labute approximate surface area is 196 Å². The van der Waals surface area contributed by atoms with E-state index in [0.717, 1.165) is 18.3 Å². The second-order valence-corrected chi connectivity index (χ2v) is 7.29. The Kier molecular flexibility index (Phi) is 7.64. The summed E-state index contributed by atoms with van der Waals surface area (Å²) < 4.78 is 39.7. The van der Waals surface area contributed by atoms with E-state index in [2.05, 4.69) is 20.6 Å². The van der Waals surface area contributed by atoms with Gasteiger partial charge in [0.05, 0.1) is 12.0 Å². The summed E-state index contributed by atoms with van der Waals surface area (Å²) in [5, 5.41) is 13.3. The molecule has 35 heavy (non-hydrogen) atoms. The molecule has 0 unspecified atom stereocenters. The maximum atomic E-state index is 13.2. The Bertz CT molecular complexity index is 1310. The van der Waals surface area contributed by atoms with Gasteiger partial charge in [-0.25, -0.2) is 4.98 Å². The minimum atomic E-state index is -4.55. The van der Waals surface area contributed by atoms with Gasteiger partial charge in [0.25, 0.3) is 17.4 Å². The number of alkyl halides is 3. The number of aromatic nitrogens is 2. The van der Waals surface area contributed by atoms with Crippen molar-refractivity contribution in [3.8, 4) is 11.1 Å². The van der Waals surface area contributed by atoms with Gasteiger partial charge in [-0.05, 0) is 28.8 Å². The highest BCUT2D eigenvalue weighted by molar-refractivity contribution is 5.95. The van der Waals surface area contributed by atoms with Crippen LogP contribution in [0.1, 0.15) is 38.5 Å². The largest absolute Gasteiger partial charge is 0.481 e. The summed E-state index contributed by atoms with van der Waals surface area (Å²) in [6.45, 7) is -0.366. The number of aliphatic carboxylic acids is 1. The fraction of sp³-hybridized carbons (Fsp3) is 0.174. The molecule has 0 atom stereocenters. The van der Waals surface area contributed by atoms with Gasteiger partial charge in [0.2, 0.25) is 0 Å². The second-order valence-electron chi connectivity index (χ2n) is 7.29. The molecular weight excluding hydrogens is 469 g/mol. The molecule has 12 heteroatoms. The number of hydrogen-bond acceptors (Lipinski definition) is 5. The molecule has 0 aliphatic rings. The molecule has 0 saturated carbocycles. The quantitative estimate of drug-likeness (QED) is 0.384. The number of nitrogens with one attached hydrogen (secondary N) is 3. The molecule has 2 amide bonds. The van der Waals surface area contributed by atoms with E-state index in [1.54, 1.807) is 30.3 Å².